The van der Waals surface area contributed by atoms with Gasteiger partial charge in [-0.2, -0.15) is 0 Å². The van der Waals surface area contributed by atoms with Gasteiger partial charge in [-0.25, -0.2) is 0 Å². The van der Waals surface area contributed by atoms with E-state index in [1.807, 2.05) is 0 Å². The molecule has 1 rings (SSSR count). The van der Waals surface area contributed by atoms with Gasteiger partial charge in [0.15, 0.2) is 0 Å². The van der Waals surface area contributed by atoms with Crippen LogP contribution < -0.4 is 0 Å². The lowest BCUT2D eigenvalue weighted by Gasteiger charge is -2.17. The van der Waals surface area contributed by atoms with Crippen LogP contribution in [0.5, 0.6) is 0 Å². The molecule has 56 valence electrons. The molecule has 0 aromatic carbocycles. The fraction of sp³-hybridized carbons (Fsp3) is 1.00. The molecule has 0 heterocycles. The fourth-order valence-corrected chi connectivity index (χ4v) is 1.34. The minimum absolute atomic E-state index is 0. The van der Waals surface area contributed by atoms with Crippen molar-refractivity contribution in [3.8, 4) is 0 Å². The Hall–Kier alpha value is -0.0700. The monoisotopic (exact) mass is 132 g/mol. The molecule has 0 aromatic rings. The molecule has 0 N–H and O–H groups in total. The molecule has 1 aliphatic carbocycles. The van der Waals surface area contributed by atoms with Crippen molar-refractivity contribution in [2.75, 3.05) is 6.67 Å². The Balaban J connectivity index is 0.000000640. The van der Waals surface area contributed by atoms with Crippen LogP contribution in [0.15, 0.2) is 0 Å². The third-order valence-corrected chi connectivity index (χ3v) is 1.94. The van der Waals surface area contributed by atoms with Gasteiger partial charge in [-0.05, 0) is 18.8 Å². The predicted molar refractivity (Wildman–Crippen MR) is 39.3 cm³/mol. The molecule has 0 radical (unpaired) electrons. The quantitative estimate of drug-likeness (QED) is 0.514. The minimum atomic E-state index is -0.0833. The van der Waals surface area contributed by atoms with Crippen molar-refractivity contribution in [2.45, 2.75) is 39.5 Å². The van der Waals surface area contributed by atoms with E-state index >= 15 is 0 Å². The molecule has 0 saturated heterocycles. The number of halogens is 1. The van der Waals surface area contributed by atoms with Crippen molar-refractivity contribution < 1.29 is 4.39 Å². The molecule has 1 heteroatoms. The van der Waals surface area contributed by atoms with E-state index in [0.29, 0.717) is 5.92 Å². The van der Waals surface area contributed by atoms with E-state index in [1.165, 1.54) is 19.3 Å². The first kappa shape index (κ1) is 8.93. The predicted octanol–water partition coefficient (Wildman–Crippen LogP) is 3.17. The van der Waals surface area contributed by atoms with Gasteiger partial charge in [0, 0.05) is 0 Å². The molecule has 0 spiro atoms. The summed E-state index contributed by atoms with van der Waals surface area (Å²) in [6, 6.07) is 0. The van der Waals surface area contributed by atoms with Gasteiger partial charge >= 0.3 is 0 Å². The van der Waals surface area contributed by atoms with Crippen LogP contribution in [0, 0.1) is 5.92 Å². The molecule has 0 aliphatic heterocycles. The summed E-state index contributed by atoms with van der Waals surface area (Å²) < 4.78 is 11.9. The summed E-state index contributed by atoms with van der Waals surface area (Å²) in [4.78, 5) is 0. The largest absolute Gasteiger partial charge is 0.251 e. The first-order chi connectivity index (χ1) is 3.93. The number of hydrogen-bond acceptors (Lipinski definition) is 0. The van der Waals surface area contributed by atoms with Crippen molar-refractivity contribution in [3.63, 3.8) is 0 Å². The van der Waals surface area contributed by atoms with E-state index in [4.69, 9.17) is 0 Å². The second-order valence-corrected chi connectivity index (χ2v) is 2.66. The first-order valence-corrected chi connectivity index (χ1v) is 3.49. The van der Waals surface area contributed by atoms with Crippen molar-refractivity contribution in [1.29, 1.82) is 0 Å². The van der Waals surface area contributed by atoms with Crippen LogP contribution in [0.4, 0.5) is 4.39 Å². The Morgan fingerprint density at radius 1 is 1.11 bits per heavy atom. The van der Waals surface area contributed by atoms with Crippen LogP contribution in [0.1, 0.15) is 39.5 Å². The van der Waals surface area contributed by atoms with Crippen molar-refractivity contribution >= 4 is 0 Å². The van der Waals surface area contributed by atoms with Crippen LogP contribution in [-0.4, -0.2) is 6.67 Å². The molecule has 0 aromatic heterocycles. The highest BCUT2D eigenvalue weighted by molar-refractivity contribution is 4.63. The summed E-state index contributed by atoms with van der Waals surface area (Å²) in [5.74, 6) is 0.420. The van der Waals surface area contributed by atoms with Crippen LogP contribution >= 0.6 is 0 Å². The van der Waals surface area contributed by atoms with E-state index in [9.17, 15) is 4.39 Å². The zero-order valence-corrected chi connectivity index (χ0v) is 5.20. The van der Waals surface area contributed by atoms with Gasteiger partial charge in [0.1, 0.15) is 0 Å². The van der Waals surface area contributed by atoms with Gasteiger partial charge < -0.3 is 0 Å². The second kappa shape index (κ2) is 4.78. The molecular formula is C8H17F. The van der Waals surface area contributed by atoms with Gasteiger partial charge in [0.25, 0.3) is 0 Å². The number of alkyl halides is 1. The molecule has 0 nitrogen and oxygen atoms in total. The standard InChI is InChI=1S/C7H13F.CH4/c8-6-7-4-2-1-3-5-7;/h7H,1-6H2;1H4. The second-order valence-electron chi connectivity index (χ2n) is 2.66. The normalized spacial score (nSPS) is 21.0. The van der Waals surface area contributed by atoms with Gasteiger partial charge in [0.2, 0.25) is 0 Å². The zero-order chi connectivity index (χ0) is 5.82. The molecule has 1 fully saturated rings. The minimum Gasteiger partial charge on any atom is -0.251 e. The third-order valence-electron chi connectivity index (χ3n) is 1.94. The molecule has 9 heavy (non-hydrogen) atoms. The summed E-state index contributed by atoms with van der Waals surface area (Å²) in [5, 5.41) is 0. The van der Waals surface area contributed by atoms with Gasteiger partial charge in [-0.1, -0.05) is 26.7 Å². The van der Waals surface area contributed by atoms with Crippen LogP contribution in [0.2, 0.25) is 0 Å². The lowest BCUT2D eigenvalue weighted by atomic mass is 9.90. The summed E-state index contributed by atoms with van der Waals surface area (Å²) in [6.07, 6.45) is 6.12. The Morgan fingerprint density at radius 2 is 1.67 bits per heavy atom. The average Bonchev–Trinajstić information content (AvgIpc) is 1.90. The maximum atomic E-state index is 11.9. The zero-order valence-electron chi connectivity index (χ0n) is 5.20. The lowest BCUT2D eigenvalue weighted by Crippen LogP contribution is -2.07. The summed E-state index contributed by atoms with van der Waals surface area (Å²) in [7, 11) is 0. The molecular weight excluding hydrogens is 115 g/mol. The van der Waals surface area contributed by atoms with Gasteiger partial charge in [-0.3, -0.25) is 4.39 Å². The lowest BCUT2D eigenvalue weighted by molar-refractivity contribution is 0.281. The maximum Gasteiger partial charge on any atom is 0.0922 e. The maximum absolute atomic E-state index is 11.9. The molecule has 0 atom stereocenters. The van der Waals surface area contributed by atoms with Crippen LogP contribution in [0.3, 0.4) is 0 Å². The highest BCUT2D eigenvalue weighted by Gasteiger charge is 2.11. The van der Waals surface area contributed by atoms with E-state index in [2.05, 4.69) is 0 Å². The Bertz CT molecular complexity index is 55.6. The van der Waals surface area contributed by atoms with E-state index in [-0.39, 0.29) is 14.1 Å². The smallest absolute Gasteiger partial charge is 0.0922 e. The fourth-order valence-electron chi connectivity index (χ4n) is 1.34. The molecule has 0 unspecified atom stereocenters. The Kier molecular flexibility index (Phi) is 4.74. The molecule has 1 aliphatic rings. The molecule has 1 saturated carbocycles. The average molecular weight is 132 g/mol. The SMILES string of the molecule is C.FCC1CCCCC1. The number of rotatable bonds is 1. The highest BCUT2D eigenvalue weighted by Crippen LogP contribution is 2.23. The van der Waals surface area contributed by atoms with Crippen molar-refractivity contribution in [1.82, 2.24) is 0 Å². The van der Waals surface area contributed by atoms with E-state index in [1.54, 1.807) is 0 Å². The van der Waals surface area contributed by atoms with Crippen LogP contribution in [0.25, 0.3) is 0 Å². The van der Waals surface area contributed by atoms with E-state index < -0.39 is 0 Å². The Morgan fingerprint density at radius 3 is 2.00 bits per heavy atom. The van der Waals surface area contributed by atoms with E-state index in [0.717, 1.165) is 12.8 Å². The highest BCUT2D eigenvalue weighted by atomic mass is 19.1. The van der Waals surface area contributed by atoms with Gasteiger partial charge in [-0.15, -0.1) is 0 Å². The van der Waals surface area contributed by atoms with Crippen molar-refractivity contribution in [2.24, 2.45) is 5.92 Å². The van der Waals surface area contributed by atoms with Crippen LogP contribution in [-0.2, 0) is 0 Å². The summed E-state index contributed by atoms with van der Waals surface area (Å²) in [6.45, 7) is -0.0833. The number of hydrogen-bond donors (Lipinski definition) is 0. The first-order valence-electron chi connectivity index (χ1n) is 3.49. The van der Waals surface area contributed by atoms with Crippen molar-refractivity contribution in [3.05, 3.63) is 0 Å². The topological polar surface area (TPSA) is 0 Å². The third kappa shape index (κ3) is 2.83. The summed E-state index contributed by atoms with van der Waals surface area (Å²) in [5.41, 5.74) is 0. The molecule has 0 bridgehead atoms. The molecule has 0 amide bonds. The summed E-state index contributed by atoms with van der Waals surface area (Å²) >= 11 is 0. The Labute approximate surface area is 57.5 Å². The van der Waals surface area contributed by atoms with Gasteiger partial charge in [0.05, 0.1) is 6.67 Å².